The Morgan fingerprint density at radius 2 is 1.68 bits per heavy atom. The van der Waals surface area contributed by atoms with Crippen LogP contribution in [0.3, 0.4) is 0 Å². The van der Waals surface area contributed by atoms with Crippen LogP contribution in [0.15, 0.2) is 76.3 Å². The van der Waals surface area contributed by atoms with Crippen LogP contribution in [-0.4, -0.2) is 47.0 Å². The number of rotatable bonds is 9. The first-order chi connectivity index (χ1) is 18.3. The molecular weight excluding hydrogens is 509 g/mol. The summed E-state index contributed by atoms with van der Waals surface area (Å²) in [6, 6.07) is 16.3. The maximum Gasteiger partial charge on any atom is 0.243 e. The van der Waals surface area contributed by atoms with Crippen molar-refractivity contribution in [3.63, 3.8) is 0 Å². The molecule has 3 N–H and O–H groups in total. The van der Waals surface area contributed by atoms with Gasteiger partial charge in [-0.2, -0.15) is 9.29 Å². The number of aryl methyl sites for hydroxylation is 1. The summed E-state index contributed by atoms with van der Waals surface area (Å²) in [5.41, 5.74) is 2.18. The second kappa shape index (κ2) is 11.3. The van der Waals surface area contributed by atoms with Crippen molar-refractivity contribution in [1.82, 2.24) is 24.7 Å². The molecule has 0 radical (unpaired) electrons. The molecule has 1 saturated heterocycles. The molecule has 1 fully saturated rings. The van der Waals surface area contributed by atoms with E-state index in [1.54, 1.807) is 48.7 Å². The van der Waals surface area contributed by atoms with Crippen molar-refractivity contribution in [3.8, 4) is 0 Å². The van der Waals surface area contributed by atoms with E-state index in [4.69, 9.17) is 4.52 Å². The lowest BCUT2D eigenvalue weighted by atomic mass is 10.1. The summed E-state index contributed by atoms with van der Waals surface area (Å²) >= 11 is 0. The largest absolute Gasteiger partial charge is 0.361 e. The molecule has 2 aromatic carbocycles. The minimum absolute atomic E-state index is 0.221. The highest BCUT2D eigenvalue weighted by molar-refractivity contribution is 7.89. The van der Waals surface area contributed by atoms with Gasteiger partial charge in [-0.1, -0.05) is 5.16 Å². The Balaban J connectivity index is 1.16. The van der Waals surface area contributed by atoms with Crippen LogP contribution in [0.5, 0.6) is 0 Å². The van der Waals surface area contributed by atoms with Gasteiger partial charge in [0.1, 0.15) is 17.4 Å². The lowest BCUT2D eigenvalue weighted by Gasteiger charge is -2.31. The van der Waals surface area contributed by atoms with E-state index in [1.165, 1.54) is 16.4 Å². The smallest absolute Gasteiger partial charge is 0.243 e. The Labute approximate surface area is 220 Å². The van der Waals surface area contributed by atoms with Crippen molar-refractivity contribution in [1.29, 1.82) is 0 Å². The Morgan fingerprint density at radius 1 is 1.00 bits per heavy atom. The molecule has 0 amide bonds. The molecule has 0 bridgehead atoms. The van der Waals surface area contributed by atoms with Gasteiger partial charge in [0.05, 0.1) is 10.6 Å². The molecule has 2 aromatic heterocycles. The summed E-state index contributed by atoms with van der Waals surface area (Å²) < 4.78 is 46.1. The second-order valence-corrected chi connectivity index (χ2v) is 11.0. The number of nitrogens with zero attached hydrogens (tertiary/aromatic N) is 4. The predicted molar refractivity (Wildman–Crippen MR) is 141 cm³/mol. The van der Waals surface area contributed by atoms with Crippen LogP contribution in [0, 0.1) is 12.7 Å². The number of piperidine rings is 1. The number of hydrogen-bond acceptors (Lipinski definition) is 9. The summed E-state index contributed by atoms with van der Waals surface area (Å²) in [6.07, 6.45) is 3.02. The van der Waals surface area contributed by atoms with Crippen LogP contribution < -0.4 is 16.0 Å². The minimum atomic E-state index is -3.60. The van der Waals surface area contributed by atoms with Gasteiger partial charge in [0, 0.05) is 49.3 Å². The third-order valence-corrected chi connectivity index (χ3v) is 8.14. The quantitative estimate of drug-likeness (QED) is 0.286. The van der Waals surface area contributed by atoms with Crippen molar-refractivity contribution in [2.24, 2.45) is 0 Å². The molecule has 0 unspecified atom stereocenters. The summed E-state index contributed by atoms with van der Waals surface area (Å²) in [7, 11) is -3.60. The number of halogens is 1. The summed E-state index contributed by atoms with van der Waals surface area (Å²) in [5, 5.41) is 13.6. The predicted octanol–water partition coefficient (Wildman–Crippen LogP) is 4.34. The highest BCUT2D eigenvalue weighted by atomic mass is 32.2. The van der Waals surface area contributed by atoms with E-state index in [0.717, 1.165) is 24.3 Å². The number of sulfonamides is 1. The van der Waals surface area contributed by atoms with E-state index in [9.17, 15) is 12.8 Å². The third kappa shape index (κ3) is 6.33. The molecule has 12 heteroatoms. The first-order valence-corrected chi connectivity index (χ1v) is 13.7. The first-order valence-electron chi connectivity index (χ1n) is 12.2. The summed E-state index contributed by atoms with van der Waals surface area (Å²) in [4.78, 5) is 8.85. The van der Waals surface area contributed by atoms with Crippen molar-refractivity contribution in [2.45, 2.75) is 37.2 Å². The van der Waals surface area contributed by atoms with Gasteiger partial charge in [0.15, 0.2) is 0 Å². The molecule has 10 nitrogen and oxygen atoms in total. The zero-order chi connectivity index (χ0) is 26.5. The van der Waals surface area contributed by atoms with Crippen LogP contribution in [0.1, 0.15) is 24.3 Å². The Hall–Kier alpha value is -3.87. The average molecular weight is 538 g/mol. The second-order valence-electron chi connectivity index (χ2n) is 9.03. The lowest BCUT2D eigenvalue weighted by Crippen LogP contribution is -2.44. The Morgan fingerprint density at radius 3 is 2.37 bits per heavy atom. The number of hydrogen-bond donors (Lipinski definition) is 3. The van der Waals surface area contributed by atoms with E-state index >= 15 is 0 Å². The molecule has 4 aromatic rings. The topological polar surface area (TPSA) is 125 Å². The Kier molecular flexibility index (Phi) is 7.63. The number of benzene rings is 2. The maximum atomic E-state index is 13.2. The fourth-order valence-electron chi connectivity index (χ4n) is 4.21. The van der Waals surface area contributed by atoms with E-state index in [-0.39, 0.29) is 16.8 Å². The van der Waals surface area contributed by atoms with Gasteiger partial charge < -0.3 is 20.5 Å². The summed E-state index contributed by atoms with van der Waals surface area (Å²) in [6.45, 7) is 3.33. The summed E-state index contributed by atoms with van der Waals surface area (Å²) in [5.74, 6) is 1.32. The van der Waals surface area contributed by atoms with Gasteiger partial charge >= 0.3 is 0 Å². The molecule has 5 rings (SSSR count). The van der Waals surface area contributed by atoms with Gasteiger partial charge in [-0.15, -0.1) is 0 Å². The molecule has 0 spiro atoms. The highest BCUT2D eigenvalue weighted by Gasteiger charge is 2.29. The molecule has 1 aliphatic rings. The van der Waals surface area contributed by atoms with Crippen LogP contribution in [-0.2, 0) is 16.6 Å². The van der Waals surface area contributed by atoms with E-state index in [2.05, 4.69) is 31.1 Å². The molecule has 38 heavy (non-hydrogen) atoms. The van der Waals surface area contributed by atoms with Crippen molar-refractivity contribution >= 4 is 33.2 Å². The van der Waals surface area contributed by atoms with Crippen LogP contribution >= 0.6 is 0 Å². The van der Waals surface area contributed by atoms with Crippen LogP contribution in [0.4, 0.5) is 27.5 Å². The average Bonchev–Trinajstić information content (AvgIpc) is 3.34. The fraction of sp³-hybridized carbons (Fsp3) is 0.269. The molecule has 0 aliphatic carbocycles. The van der Waals surface area contributed by atoms with Crippen molar-refractivity contribution in [2.75, 3.05) is 23.7 Å². The van der Waals surface area contributed by atoms with Crippen molar-refractivity contribution < 1.29 is 17.3 Å². The molecule has 198 valence electrons. The number of anilines is 4. The molecule has 1 aliphatic heterocycles. The van der Waals surface area contributed by atoms with Gasteiger partial charge in [0.2, 0.25) is 16.0 Å². The minimum Gasteiger partial charge on any atom is -0.361 e. The molecule has 0 atom stereocenters. The van der Waals surface area contributed by atoms with E-state index < -0.39 is 10.0 Å². The lowest BCUT2D eigenvalue weighted by molar-refractivity contribution is 0.286. The van der Waals surface area contributed by atoms with E-state index in [1.807, 2.05) is 13.0 Å². The van der Waals surface area contributed by atoms with Crippen LogP contribution in [0.25, 0.3) is 0 Å². The van der Waals surface area contributed by atoms with Gasteiger partial charge in [-0.25, -0.2) is 17.8 Å². The fourth-order valence-corrected chi connectivity index (χ4v) is 5.68. The van der Waals surface area contributed by atoms with E-state index in [0.29, 0.717) is 42.8 Å². The number of aromatic nitrogens is 3. The zero-order valence-electron chi connectivity index (χ0n) is 20.8. The first kappa shape index (κ1) is 25.8. The highest BCUT2D eigenvalue weighted by Crippen LogP contribution is 2.24. The van der Waals surface area contributed by atoms with Gasteiger partial charge in [-0.05, 0) is 74.4 Å². The third-order valence-electron chi connectivity index (χ3n) is 6.22. The monoisotopic (exact) mass is 537 g/mol. The molecule has 0 saturated carbocycles. The van der Waals surface area contributed by atoms with Crippen LogP contribution in [0.2, 0.25) is 0 Å². The maximum absolute atomic E-state index is 13.2. The van der Waals surface area contributed by atoms with Gasteiger partial charge in [0.25, 0.3) is 0 Å². The molecule has 3 heterocycles. The SMILES string of the molecule is Cc1cc(CNC2CCN(S(=O)(=O)c3ccc(Nc4nccc(Nc5ccc(F)cc5)n4)cc3)CC2)no1. The zero-order valence-corrected chi connectivity index (χ0v) is 21.6. The normalized spacial score (nSPS) is 14.9. The van der Waals surface area contributed by atoms with Crippen molar-refractivity contribution in [3.05, 3.63) is 84.1 Å². The van der Waals surface area contributed by atoms with Gasteiger partial charge in [-0.3, -0.25) is 0 Å². The Bertz CT molecular complexity index is 1470. The molecular formula is C26H28FN7O3S. The number of nitrogens with one attached hydrogen (secondary N) is 3. The standard InChI is InChI=1S/C26H28FN7O3S/c1-18-16-23(33-37-18)17-29-20-11-14-34(15-12-20)38(35,36)24-8-6-22(7-9-24)31-26-28-13-10-25(32-26)30-21-4-2-19(27)3-5-21/h2-10,13,16,20,29H,11-12,14-15,17H2,1H3,(H2,28,30,31,32).